The third kappa shape index (κ3) is 4.45. The average Bonchev–Trinajstić information content (AvgIpc) is 2.44. The minimum absolute atomic E-state index is 0.168. The Morgan fingerprint density at radius 3 is 2.32 bits per heavy atom. The van der Waals surface area contributed by atoms with Gasteiger partial charge in [0, 0.05) is 24.0 Å². The van der Waals surface area contributed by atoms with Crippen molar-refractivity contribution in [1.29, 1.82) is 0 Å². The molecule has 0 aliphatic carbocycles. The zero-order valence-corrected chi connectivity index (χ0v) is 14.2. The molecule has 118 valence electrons. The second-order valence-electron chi connectivity index (χ2n) is 6.60. The van der Waals surface area contributed by atoms with Crippen molar-refractivity contribution in [2.45, 2.75) is 46.5 Å². The highest BCUT2D eigenvalue weighted by atomic mass is 15.1. The summed E-state index contributed by atoms with van der Waals surface area (Å²) in [6.07, 6.45) is 1.05. The summed E-state index contributed by atoms with van der Waals surface area (Å²) in [6, 6.07) is 10.5. The highest BCUT2D eigenvalue weighted by Gasteiger charge is 2.12. The van der Waals surface area contributed by atoms with Crippen LogP contribution in [-0.4, -0.2) is 16.5 Å². The molecule has 1 heterocycles. The van der Waals surface area contributed by atoms with Crippen molar-refractivity contribution in [3.05, 3.63) is 41.6 Å². The summed E-state index contributed by atoms with van der Waals surface area (Å²) in [6.45, 7) is 11.6. The maximum atomic E-state index is 4.50. The van der Waals surface area contributed by atoms with E-state index in [-0.39, 0.29) is 5.41 Å². The van der Waals surface area contributed by atoms with Gasteiger partial charge in [0.25, 0.3) is 0 Å². The van der Waals surface area contributed by atoms with Crippen LogP contribution in [0.25, 0.3) is 0 Å². The van der Waals surface area contributed by atoms with E-state index >= 15 is 0 Å². The number of hydrogen-bond acceptors (Lipinski definition) is 4. The molecule has 0 bridgehead atoms. The predicted molar refractivity (Wildman–Crippen MR) is 94.0 cm³/mol. The van der Waals surface area contributed by atoms with Crippen molar-refractivity contribution in [1.82, 2.24) is 9.97 Å². The second kappa shape index (κ2) is 6.77. The molecule has 0 atom stereocenters. The van der Waals surface area contributed by atoms with Gasteiger partial charge in [-0.1, -0.05) is 39.8 Å². The first kappa shape index (κ1) is 16.3. The molecule has 0 saturated carbocycles. The lowest BCUT2D eigenvalue weighted by Crippen LogP contribution is -2.10. The monoisotopic (exact) mass is 298 g/mol. The maximum Gasteiger partial charge on any atom is 0.224 e. The Balaban J connectivity index is 2.14. The van der Waals surface area contributed by atoms with Gasteiger partial charge in [-0.2, -0.15) is 4.98 Å². The lowest BCUT2D eigenvalue weighted by atomic mass is 9.87. The lowest BCUT2D eigenvalue weighted by Gasteiger charge is -2.19. The molecule has 4 heteroatoms. The molecule has 0 spiro atoms. The molecule has 2 aromatic rings. The van der Waals surface area contributed by atoms with Crippen LogP contribution in [0, 0.1) is 6.92 Å². The molecule has 0 radical (unpaired) electrons. The van der Waals surface area contributed by atoms with E-state index in [4.69, 9.17) is 0 Å². The van der Waals surface area contributed by atoms with Gasteiger partial charge >= 0.3 is 0 Å². The van der Waals surface area contributed by atoms with E-state index in [1.54, 1.807) is 0 Å². The van der Waals surface area contributed by atoms with Crippen molar-refractivity contribution in [2.24, 2.45) is 0 Å². The van der Waals surface area contributed by atoms with Crippen LogP contribution in [0.3, 0.4) is 0 Å². The summed E-state index contributed by atoms with van der Waals surface area (Å²) in [7, 11) is 0. The number of benzene rings is 1. The van der Waals surface area contributed by atoms with E-state index in [2.05, 4.69) is 72.6 Å². The van der Waals surface area contributed by atoms with E-state index in [1.165, 1.54) is 5.56 Å². The number of rotatable bonds is 5. The second-order valence-corrected chi connectivity index (χ2v) is 6.60. The van der Waals surface area contributed by atoms with Crippen LogP contribution in [0.1, 0.15) is 45.4 Å². The molecular formula is C18H26N4. The topological polar surface area (TPSA) is 49.8 Å². The summed E-state index contributed by atoms with van der Waals surface area (Å²) in [4.78, 5) is 8.90. The van der Waals surface area contributed by atoms with Crippen LogP contribution in [0.5, 0.6) is 0 Å². The van der Waals surface area contributed by atoms with E-state index in [9.17, 15) is 0 Å². The van der Waals surface area contributed by atoms with Gasteiger partial charge in [-0.05, 0) is 36.5 Å². The Bertz CT molecular complexity index is 612. The van der Waals surface area contributed by atoms with Crippen LogP contribution in [0.15, 0.2) is 30.3 Å². The maximum absolute atomic E-state index is 4.50. The van der Waals surface area contributed by atoms with Gasteiger partial charge in [0.15, 0.2) is 0 Å². The Hall–Kier alpha value is -2.10. The highest BCUT2D eigenvalue weighted by Crippen LogP contribution is 2.24. The molecule has 0 amide bonds. The van der Waals surface area contributed by atoms with Gasteiger partial charge in [-0.3, -0.25) is 0 Å². The quantitative estimate of drug-likeness (QED) is 0.843. The molecule has 0 aliphatic heterocycles. The summed E-state index contributed by atoms with van der Waals surface area (Å²) in [5.74, 6) is 1.49. The number of hydrogen-bond donors (Lipinski definition) is 2. The molecule has 1 aromatic heterocycles. The van der Waals surface area contributed by atoms with Crippen molar-refractivity contribution in [2.75, 3.05) is 17.2 Å². The zero-order chi connectivity index (χ0) is 16.2. The van der Waals surface area contributed by atoms with Crippen molar-refractivity contribution >= 4 is 17.5 Å². The molecule has 2 N–H and O–H groups in total. The van der Waals surface area contributed by atoms with Gasteiger partial charge in [0.1, 0.15) is 5.82 Å². The Morgan fingerprint density at radius 1 is 1.05 bits per heavy atom. The molecule has 0 saturated heterocycles. The number of nitrogens with zero attached hydrogens (tertiary/aromatic N) is 2. The highest BCUT2D eigenvalue weighted by molar-refractivity contribution is 5.58. The number of nitrogens with one attached hydrogen (secondary N) is 2. The van der Waals surface area contributed by atoms with Crippen LogP contribution in [-0.2, 0) is 5.41 Å². The summed E-state index contributed by atoms with van der Waals surface area (Å²) < 4.78 is 0. The van der Waals surface area contributed by atoms with Crippen LogP contribution in [0.4, 0.5) is 17.5 Å². The minimum Gasteiger partial charge on any atom is -0.354 e. The van der Waals surface area contributed by atoms with E-state index < -0.39 is 0 Å². The first-order chi connectivity index (χ1) is 10.4. The van der Waals surface area contributed by atoms with Crippen molar-refractivity contribution in [3.8, 4) is 0 Å². The van der Waals surface area contributed by atoms with Crippen molar-refractivity contribution in [3.63, 3.8) is 0 Å². The Kier molecular flexibility index (Phi) is 5.01. The molecule has 4 nitrogen and oxygen atoms in total. The molecule has 0 fully saturated rings. The Labute approximate surface area is 133 Å². The SMILES string of the molecule is CCCNc1nc(C)cc(Nc2ccc(C(C)(C)C)cc2)n1. The third-order valence-electron chi connectivity index (χ3n) is 3.41. The predicted octanol–water partition coefficient (Wildman–Crippen LogP) is 4.65. The molecule has 2 rings (SSSR count). The largest absolute Gasteiger partial charge is 0.354 e. The van der Waals surface area contributed by atoms with Gasteiger partial charge in [-0.15, -0.1) is 0 Å². The fourth-order valence-corrected chi connectivity index (χ4v) is 2.15. The fourth-order valence-electron chi connectivity index (χ4n) is 2.15. The molecule has 0 unspecified atom stereocenters. The van der Waals surface area contributed by atoms with Gasteiger partial charge in [0.2, 0.25) is 5.95 Å². The minimum atomic E-state index is 0.168. The van der Waals surface area contributed by atoms with Gasteiger partial charge in [-0.25, -0.2) is 4.98 Å². The molecule has 0 aliphatic rings. The van der Waals surface area contributed by atoms with Crippen molar-refractivity contribution < 1.29 is 0 Å². The summed E-state index contributed by atoms with van der Waals surface area (Å²) in [5.41, 5.74) is 3.47. The Morgan fingerprint density at radius 2 is 1.73 bits per heavy atom. The first-order valence-electron chi connectivity index (χ1n) is 7.85. The van der Waals surface area contributed by atoms with E-state index in [0.717, 1.165) is 30.2 Å². The first-order valence-corrected chi connectivity index (χ1v) is 7.85. The lowest BCUT2D eigenvalue weighted by molar-refractivity contribution is 0.590. The van der Waals surface area contributed by atoms with Crippen LogP contribution < -0.4 is 10.6 Å². The van der Waals surface area contributed by atoms with Crippen LogP contribution in [0.2, 0.25) is 0 Å². The zero-order valence-electron chi connectivity index (χ0n) is 14.2. The molecular weight excluding hydrogens is 272 g/mol. The normalized spacial score (nSPS) is 11.3. The smallest absolute Gasteiger partial charge is 0.224 e. The van der Waals surface area contributed by atoms with E-state index in [1.807, 2.05) is 13.0 Å². The standard InChI is InChI=1S/C18H26N4/c1-6-11-19-17-20-13(2)12-16(22-17)21-15-9-7-14(8-10-15)18(3,4)5/h7-10,12H,6,11H2,1-5H3,(H2,19,20,21,22). The third-order valence-corrected chi connectivity index (χ3v) is 3.41. The fraction of sp³-hybridized carbons (Fsp3) is 0.444. The van der Waals surface area contributed by atoms with Gasteiger partial charge in [0.05, 0.1) is 0 Å². The number of aryl methyl sites for hydroxylation is 1. The molecule has 1 aromatic carbocycles. The summed E-state index contributed by atoms with van der Waals surface area (Å²) >= 11 is 0. The number of aromatic nitrogens is 2. The van der Waals surface area contributed by atoms with Gasteiger partial charge < -0.3 is 10.6 Å². The van der Waals surface area contributed by atoms with Crippen LogP contribution >= 0.6 is 0 Å². The average molecular weight is 298 g/mol. The molecule has 22 heavy (non-hydrogen) atoms. The van der Waals surface area contributed by atoms with E-state index in [0.29, 0.717) is 5.95 Å². The summed E-state index contributed by atoms with van der Waals surface area (Å²) in [5, 5.41) is 6.58. The number of anilines is 3.